The zero-order valence-electron chi connectivity index (χ0n) is 9.81. The van der Waals surface area contributed by atoms with Crippen LogP contribution in [-0.2, 0) is 6.42 Å². The number of fused-ring (bicyclic) bond motifs is 1. The second kappa shape index (κ2) is 4.57. The van der Waals surface area contributed by atoms with E-state index in [2.05, 4.69) is 17.1 Å². The average Bonchev–Trinajstić information content (AvgIpc) is 2.41. The third-order valence-electron chi connectivity index (χ3n) is 2.97. The lowest BCUT2D eigenvalue weighted by atomic mass is 10.0. The van der Waals surface area contributed by atoms with E-state index in [9.17, 15) is 4.39 Å². The van der Waals surface area contributed by atoms with Crippen molar-refractivity contribution in [2.24, 2.45) is 0 Å². The number of halogens is 1. The molecule has 0 N–H and O–H groups in total. The van der Waals surface area contributed by atoms with Crippen LogP contribution in [0.1, 0.15) is 11.1 Å². The van der Waals surface area contributed by atoms with Crippen molar-refractivity contribution in [3.05, 3.63) is 77.7 Å². The van der Waals surface area contributed by atoms with Crippen LogP contribution in [-0.4, -0.2) is 4.98 Å². The molecule has 2 aromatic carbocycles. The molecule has 0 aliphatic heterocycles. The second-order valence-corrected chi connectivity index (χ2v) is 4.34. The molecule has 0 atom stereocenters. The summed E-state index contributed by atoms with van der Waals surface area (Å²) in [6.45, 7) is 0. The molecule has 0 radical (unpaired) electrons. The van der Waals surface area contributed by atoms with Gasteiger partial charge in [0.2, 0.25) is 0 Å². The minimum absolute atomic E-state index is 0.199. The predicted molar refractivity (Wildman–Crippen MR) is 70.9 cm³/mol. The zero-order valence-corrected chi connectivity index (χ0v) is 9.81. The number of hydrogen-bond donors (Lipinski definition) is 0. The molecule has 3 rings (SSSR count). The monoisotopic (exact) mass is 237 g/mol. The van der Waals surface area contributed by atoms with E-state index in [0.717, 1.165) is 28.5 Å². The predicted octanol–water partition coefficient (Wildman–Crippen LogP) is 3.96. The van der Waals surface area contributed by atoms with Crippen molar-refractivity contribution in [2.75, 3.05) is 0 Å². The van der Waals surface area contributed by atoms with Gasteiger partial charge in [0, 0.05) is 11.6 Å². The maximum atomic E-state index is 12.8. The van der Waals surface area contributed by atoms with E-state index < -0.39 is 0 Å². The van der Waals surface area contributed by atoms with Crippen LogP contribution in [0.5, 0.6) is 0 Å². The average molecular weight is 237 g/mol. The molecule has 1 nitrogen and oxygen atoms in total. The highest BCUT2D eigenvalue weighted by atomic mass is 19.1. The van der Waals surface area contributed by atoms with Crippen molar-refractivity contribution in [2.45, 2.75) is 6.42 Å². The number of aromatic nitrogens is 1. The molecule has 1 aromatic heterocycles. The Morgan fingerprint density at radius 3 is 2.50 bits per heavy atom. The molecule has 0 aliphatic carbocycles. The number of para-hydroxylation sites is 1. The number of hydrogen-bond acceptors (Lipinski definition) is 1. The molecule has 18 heavy (non-hydrogen) atoms. The molecule has 0 fully saturated rings. The largest absolute Gasteiger partial charge is 0.256 e. The molecule has 0 spiro atoms. The van der Waals surface area contributed by atoms with Crippen LogP contribution in [0.2, 0.25) is 0 Å². The lowest BCUT2D eigenvalue weighted by Crippen LogP contribution is -1.90. The molecule has 0 bridgehead atoms. The van der Waals surface area contributed by atoms with E-state index in [1.165, 1.54) is 12.1 Å². The Hall–Kier alpha value is -2.22. The molecule has 88 valence electrons. The van der Waals surface area contributed by atoms with Gasteiger partial charge in [0.25, 0.3) is 0 Å². The van der Waals surface area contributed by atoms with Gasteiger partial charge >= 0.3 is 0 Å². The van der Waals surface area contributed by atoms with Crippen molar-refractivity contribution in [3.8, 4) is 0 Å². The Balaban J connectivity index is 1.92. The Labute approximate surface area is 105 Å². The molecule has 0 saturated carbocycles. The standard InChI is InChI=1S/C16H12FN/c17-15-7-5-12(6-8-15)9-13-10-14-3-1-2-4-16(14)18-11-13/h1-8,10-11H,9H2. The normalized spacial score (nSPS) is 10.7. The maximum absolute atomic E-state index is 12.8. The van der Waals surface area contributed by atoms with Crippen LogP contribution in [0.25, 0.3) is 10.9 Å². The molecule has 0 amide bonds. The van der Waals surface area contributed by atoms with Gasteiger partial charge in [-0.05, 0) is 41.8 Å². The summed E-state index contributed by atoms with van der Waals surface area (Å²) in [4.78, 5) is 4.42. The Morgan fingerprint density at radius 2 is 1.67 bits per heavy atom. The van der Waals surface area contributed by atoms with Crippen LogP contribution in [0, 0.1) is 5.82 Å². The SMILES string of the molecule is Fc1ccc(Cc2cnc3ccccc3c2)cc1. The Bertz CT molecular complexity index is 674. The van der Waals surface area contributed by atoms with Gasteiger partial charge in [-0.3, -0.25) is 4.98 Å². The van der Waals surface area contributed by atoms with E-state index in [4.69, 9.17) is 0 Å². The summed E-state index contributed by atoms with van der Waals surface area (Å²) in [6.07, 6.45) is 2.66. The molecule has 3 aromatic rings. The molecular weight excluding hydrogens is 225 g/mol. The van der Waals surface area contributed by atoms with Crippen LogP contribution in [0.15, 0.2) is 60.8 Å². The van der Waals surface area contributed by atoms with Crippen molar-refractivity contribution in [1.29, 1.82) is 0 Å². The maximum Gasteiger partial charge on any atom is 0.123 e. The van der Waals surface area contributed by atoms with Crippen LogP contribution < -0.4 is 0 Å². The summed E-state index contributed by atoms with van der Waals surface area (Å²) < 4.78 is 12.8. The van der Waals surface area contributed by atoms with Crippen LogP contribution >= 0.6 is 0 Å². The van der Waals surface area contributed by atoms with Gasteiger partial charge in [-0.2, -0.15) is 0 Å². The van der Waals surface area contributed by atoms with Gasteiger partial charge in [-0.1, -0.05) is 30.3 Å². The Kier molecular flexibility index (Phi) is 2.77. The first kappa shape index (κ1) is 10.9. The third-order valence-corrected chi connectivity index (χ3v) is 2.97. The minimum atomic E-state index is -0.199. The number of pyridine rings is 1. The van der Waals surface area contributed by atoms with Crippen molar-refractivity contribution < 1.29 is 4.39 Å². The minimum Gasteiger partial charge on any atom is -0.256 e. The van der Waals surface area contributed by atoms with E-state index in [1.807, 2.05) is 36.5 Å². The summed E-state index contributed by atoms with van der Waals surface area (Å²) in [6, 6.07) is 16.8. The highest BCUT2D eigenvalue weighted by Gasteiger charge is 2.00. The van der Waals surface area contributed by atoms with Gasteiger partial charge in [-0.15, -0.1) is 0 Å². The van der Waals surface area contributed by atoms with Crippen LogP contribution in [0.4, 0.5) is 4.39 Å². The number of nitrogens with zero attached hydrogens (tertiary/aromatic N) is 1. The van der Waals surface area contributed by atoms with Crippen LogP contribution in [0.3, 0.4) is 0 Å². The summed E-state index contributed by atoms with van der Waals surface area (Å²) >= 11 is 0. The summed E-state index contributed by atoms with van der Waals surface area (Å²) in [5.74, 6) is -0.199. The smallest absolute Gasteiger partial charge is 0.123 e. The molecule has 0 unspecified atom stereocenters. The van der Waals surface area contributed by atoms with Gasteiger partial charge in [0.1, 0.15) is 5.82 Å². The van der Waals surface area contributed by atoms with Crippen molar-refractivity contribution in [3.63, 3.8) is 0 Å². The first-order chi connectivity index (χ1) is 8.81. The first-order valence-electron chi connectivity index (χ1n) is 5.89. The lowest BCUT2D eigenvalue weighted by molar-refractivity contribution is 0.627. The van der Waals surface area contributed by atoms with E-state index in [1.54, 1.807) is 0 Å². The highest BCUT2D eigenvalue weighted by molar-refractivity contribution is 5.78. The summed E-state index contributed by atoms with van der Waals surface area (Å²) in [7, 11) is 0. The fourth-order valence-electron chi connectivity index (χ4n) is 2.05. The van der Waals surface area contributed by atoms with Gasteiger partial charge in [0.05, 0.1) is 5.52 Å². The Morgan fingerprint density at radius 1 is 0.889 bits per heavy atom. The molecule has 0 aliphatic rings. The number of rotatable bonds is 2. The molecule has 0 saturated heterocycles. The number of benzene rings is 2. The molecular formula is C16H12FN. The lowest BCUT2D eigenvalue weighted by Gasteiger charge is -2.03. The topological polar surface area (TPSA) is 12.9 Å². The molecule has 2 heteroatoms. The first-order valence-corrected chi connectivity index (χ1v) is 5.89. The molecule has 1 heterocycles. The van der Waals surface area contributed by atoms with Gasteiger partial charge in [-0.25, -0.2) is 4.39 Å². The fourth-order valence-corrected chi connectivity index (χ4v) is 2.05. The van der Waals surface area contributed by atoms with E-state index in [0.29, 0.717) is 0 Å². The quantitative estimate of drug-likeness (QED) is 0.657. The highest BCUT2D eigenvalue weighted by Crippen LogP contribution is 2.15. The summed E-state index contributed by atoms with van der Waals surface area (Å²) in [5.41, 5.74) is 3.23. The van der Waals surface area contributed by atoms with Crippen molar-refractivity contribution >= 4 is 10.9 Å². The second-order valence-electron chi connectivity index (χ2n) is 4.34. The fraction of sp³-hybridized carbons (Fsp3) is 0.0625. The van der Waals surface area contributed by atoms with E-state index >= 15 is 0 Å². The van der Waals surface area contributed by atoms with E-state index in [-0.39, 0.29) is 5.82 Å². The zero-order chi connectivity index (χ0) is 12.4. The van der Waals surface area contributed by atoms with Crippen molar-refractivity contribution in [1.82, 2.24) is 4.98 Å². The van der Waals surface area contributed by atoms with Gasteiger partial charge < -0.3 is 0 Å². The van der Waals surface area contributed by atoms with Gasteiger partial charge in [0.15, 0.2) is 0 Å². The summed E-state index contributed by atoms with van der Waals surface area (Å²) in [5, 5.41) is 1.14. The third kappa shape index (κ3) is 2.23.